The first kappa shape index (κ1) is 41.5. The van der Waals surface area contributed by atoms with E-state index in [0.29, 0.717) is 44.9 Å². The molecule has 11 aromatic rings. The van der Waals surface area contributed by atoms with Crippen molar-refractivity contribution in [2.24, 2.45) is 0 Å². The van der Waals surface area contributed by atoms with E-state index < -0.39 is 0 Å². The van der Waals surface area contributed by atoms with Crippen molar-refractivity contribution >= 4 is 21.8 Å². The van der Waals surface area contributed by atoms with Gasteiger partial charge in [-0.1, -0.05) is 133 Å². The first-order chi connectivity index (χ1) is 34.0. The van der Waals surface area contributed by atoms with Crippen molar-refractivity contribution in [3.63, 3.8) is 0 Å². The number of rotatable bonds is 8. The summed E-state index contributed by atoms with van der Waals surface area (Å²) in [4.78, 5) is 10.3. The Labute approximate surface area is 398 Å². The SMILES string of the molecule is N#Cc1cccc(-c2ccc3c(c2)c2cc(-c4cccc(C#N)c4)ccc2n3-c2c(-c3ccccc3C#N)cc(-c3cc(-c4ccccc4)nc(-c4ccccc4)n3)cc2-c2ccccc2C#N)c1. The predicted octanol–water partition coefficient (Wildman–Crippen LogP) is 14.7. The van der Waals surface area contributed by atoms with Gasteiger partial charge in [-0.05, 0) is 101 Å². The highest BCUT2D eigenvalue weighted by molar-refractivity contribution is 6.13. The van der Waals surface area contributed by atoms with Gasteiger partial charge in [0.1, 0.15) is 0 Å². The van der Waals surface area contributed by atoms with Gasteiger partial charge in [-0.3, -0.25) is 0 Å². The lowest BCUT2D eigenvalue weighted by molar-refractivity contribution is 1.17. The molecule has 0 amide bonds. The third-order valence-corrected chi connectivity index (χ3v) is 12.5. The third kappa shape index (κ3) is 7.61. The summed E-state index contributed by atoms with van der Waals surface area (Å²) in [5.74, 6) is 0.559. The highest BCUT2D eigenvalue weighted by Crippen LogP contribution is 2.46. The summed E-state index contributed by atoms with van der Waals surface area (Å²) in [6.45, 7) is 0. The highest BCUT2D eigenvalue weighted by Gasteiger charge is 2.25. The maximum atomic E-state index is 10.8. The number of benzene rings is 9. The van der Waals surface area contributed by atoms with E-state index in [-0.39, 0.29) is 0 Å². The summed E-state index contributed by atoms with van der Waals surface area (Å²) in [6.07, 6.45) is 0. The Morgan fingerprint density at radius 3 is 1.25 bits per heavy atom. The van der Waals surface area contributed by atoms with Crippen LogP contribution < -0.4 is 0 Å². The van der Waals surface area contributed by atoms with Gasteiger partial charge < -0.3 is 4.57 Å². The molecule has 7 heteroatoms. The van der Waals surface area contributed by atoms with E-state index in [1.54, 1.807) is 12.1 Å². The minimum Gasteiger partial charge on any atom is -0.308 e. The molecular weight excluding hydrogens is 843 g/mol. The Hall–Kier alpha value is -10.2. The molecular formula is C62H35N7. The van der Waals surface area contributed by atoms with Crippen LogP contribution in [0.2, 0.25) is 0 Å². The van der Waals surface area contributed by atoms with Crippen molar-refractivity contribution in [2.45, 2.75) is 0 Å². The molecule has 0 radical (unpaired) electrons. The molecule has 2 aromatic heterocycles. The van der Waals surface area contributed by atoms with Gasteiger partial charge in [0.15, 0.2) is 5.82 Å². The van der Waals surface area contributed by atoms with Crippen molar-refractivity contribution < 1.29 is 0 Å². The van der Waals surface area contributed by atoms with Crippen molar-refractivity contribution in [1.29, 1.82) is 21.0 Å². The zero-order chi connectivity index (χ0) is 46.8. The lowest BCUT2D eigenvalue weighted by atomic mass is 9.88. The number of nitrogens with zero attached hydrogens (tertiary/aromatic N) is 7. The standard InChI is InChI=1S/C62H35N7/c63-36-40-13-11-21-44(29-40)46-25-27-59-53(31-46)54-32-47(45-22-12-14-41(30-45)37-64)26-28-60(54)69(59)61-55(51-23-9-7-19-48(51)38-65)33-50(34-56(61)52-24-10-8-20-49(52)39-66)58-35-57(42-15-3-1-4-16-42)67-62(68-58)43-17-5-2-6-18-43/h1-35H. The van der Waals surface area contributed by atoms with Crippen LogP contribution in [0.25, 0.3) is 106 Å². The summed E-state index contributed by atoms with van der Waals surface area (Å²) in [5, 5.41) is 43.2. The average Bonchev–Trinajstić information content (AvgIpc) is 3.75. The number of hydrogen-bond acceptors (Lipinski definition) is 6. The van der Waals surface area contributed by atoms with Crippen molar-refractivity contribution in [2.75, 3.05) is 0 Å². The van der Waals surface area contributed by atoms with Gasteiger partial charge in [-0.15, -0.1) is 0 Å². The summed E-state index contributed by atoms with van der Waals surface area (Å²) in [7, 11) is 0. The maximum absolute atomic E-state index is 10.8. The predicted molar refractivity (Wildman–Crippen MR) is 273 cm³/mol. The van der Waals surface area contributed by atoms with Gasteiger partial charge in [-0.2, -0.15) is 21.0 Å². The molecule has 0 atom stereocenters. The second-order valence-corrected chi connectivity index (χ2v) is 16.6. The summed E-state index contributed by atoms with van der Waals surface area (Å²) in [5.41, 5.74) is 15.2. The Kier molecular flexibility index (Phi) is 10.6. The van der Waals surface area contributed by atoms with Gasteiger partial charge in [0.25, 0.3) is 0 Å². The summed E-state index contributed by atoms with van der Waals surface area (Å²) < 4.78 is 2.25. The molecule has 0 saturated heterocycles. The lowest BCUT2D eigenvalue weighted by Crippen LogP contribution is -2.04. The maximum Gasteiger partial charge on any atom is 0.160 e. The Morgan fingerprint density at radius 2 is 0.754 bits per heavy atom. The van der Waals surface area contributed by atoms with Crippen LogP contribution in [0.15, 0.2) is 212 Å². The van der Waals surface area contributed by atoms with E-state index in [1.807, 2.05) is 152 Å². The molecule has 69 heavy (non-hydrogen) atoms. The van der Waals surface area contributed by atoms with Crippen LogP contribution in [0.1, 0.15) is 22.3 Å². The molecule has 0 bridgehead atoms. The third-order valence-electron chi connectivity index (χ3n) is 12.5. The summed E-state index contributed by atoms with van der Waals surface area (Å²) >= 11 is 0. The Balaban J connectivity index is 1.28. The lowest BCUT2D eigenvalue weighted by Gasteiger charge is -2.22. The van der Waals surface area contributed by atoms with Crippen LogP contribution >= 0.6 is 0 Å². The molecule has 0 aliphatic carbocycles. The molecule has 0 aliphatic heterocycles. The fraction of sp³-hybridized carbons (Fsp3) is 0. The summed E-state index contributed by atoms with van der Waals surface area (Å²) in [6, 6.07) is 78.8. The van der Waals surface area contributed by atoms with E-state index in [1.165, 1.54) is 0 Å². The molecule has 2 heterocycles. The number of hydrogen-bond donors (Lipinski definition) is 0. The number of fused-ring (bicyclic) bond motifs is 3. The molecule has 11 rings (SSSR count). The molecule has 0 spiro atoms. The van der Waals surface area contributed by atoms with Crippen LogP contribution in [0.5, 0.6) is 0 Å². The van der Waals surface area contributed by atoms with E-state index in [9.17, 15) is 21.0 Å². The van der Waals surface area contributed by atoms with Gasteiger partial charge in [0.05, 0.1) is 74.6 Å². The largest absolute Gasteiger partial charge is 0.308 e. The Bertz CT molecular complexity index is 3760. The zero-order valence-corrected chi connectivity index (χ0v) is 36.8. The molecule has 0 unspecified atom stereocenters. The molecule has 9 aromatic carbocycles. The smallest absolute Gasteiger partial charge is 0.160 e. The van der Waals surface area contributed by atoms with Crippen LogP contribution in [0.4, 0.5) is 0 Å². The first-order valence-electron chi connectivity index (χ1n) is 22.3. The molecule has 7 nitrogen and oxygen atoms in total. The normalized spacial score (nSPS) is 10.8. The molecule has 0 saturated carbocycles. The average molecular weight is 878 g/mol. The van der Waals surface area contributed by atoms with Gasteiger partial charge >= 0.3 is 0 Å². The Morgan fingerprint density at radius 1 is 0.319 bits per heavy atom. The molecule has 0 fully saturated rings. The molecule has 0 aliphatic rings. The first-order valence-corrected chi connectivity index (χ1v) is 22.3. The van der Waals surface area contributed by atoms with Gasteiger partial charge in [0, 0.05) is 49.7 Å². The second-order valence-electron chi connectivity index (χ2n) is 16.6. The van der Waals surface area contributed by atoms with Crippen LogP contribution in [-0.2, 0) is 0 Å². The van der Waals surface area contributed by atoms with Crippen molar-refractivity contribution in [3.05, 3.63) is 235 Å². The molecule has 318 valence electrons. The van der Waals surface area contributed by atoms with Crippen LogP contribution in [0.3, 0.4) is 0 Å². The topological polar surface area (TPSA) is 126 Å². The fourth-order valence-corrected chi connectivity index (χ4v) is 9.29. The quantitative estimate of drug-likeness (QED) is 0.150. The van der Waals surface area contributed by atoms with E-state index >= 15 is 0 Å². The van der Waals surface area contributed by atoms with Gasteiger partial charge in [0.2, 0.25) is 0 Å². The fourth-order valence-electron chi connectivity index (χ4n) is 9.29. The zero-order valence-electron chi connectivity index (χ0n) is 36.8. The number of nitriles is 4. The van der Waals surface area contributed by atoms with Crippen molar-refractivity contribution in [1.82, 2.24) is 14.5 Å². The van der Waals surface area contributed by atoms with Gasteiger partial charge in [-0.25, -0.2) is 9.97 Å². The van der Waals surface area contributed by atoms with E-state index in [2.05, 4.69) is 77.4 Å². The minimum absolute atomic E-state index is 0.480. The second kappa shape index (κ2) is 17.7. The van der Waals surface area contributed by atoms with E-state index in [0.717, 1.165) is 83.3 Å². The van der Waals surface area contributed by atoms with Crippen LogP contribution in [-0.4, -0.2) is 14.5 Å². The van der Waals surface area contributed by atoms with E-state index in [4.69, 9.17) is 9.97 Å². The number of aromatic nitrogens is 3. The highest BCUT2D eigenvalue weighted by atomic mass is 15.0. The minimum atomic E-state index is 0.480. The van der Waals surface area contributed by atoms with Crippen LogP contribution in [0, 0.1) is 45.3 Å². The van der Waals surface area contributed by atoms with Crippen molar-refractivity contribution in [3.8, 4) is 108 Å². The monoisotopic (exact) mass is 877 g/mol. The molecule has 0 N–H and O–H groups in total.